The second kappa shape index (κ2) is 7.80. The van der Waals surface area contributed by atoms with Crippen LogP contribution in [0, 0.1) is 6.92 Å². The van der Waals surface area contributed by atoms with Crippen molar-refractivity contribution < 1.29 is 17.9 Å². The highest BCUT2D eigenvalue weighted by atomic mass is 32.2. The number of rotatable bonds is 7. The Morgan fingerprint density at radius 3 is 2.55 bits per heavy atom. The number of amides is 1. The van der Waals surface area contributed by atoms with Crippen LogP contribution in [-0.2, 0) is 25.0 Å². The van der Waals surface area contributed by atoms with Crippen LogP contribution in [0.15, 0.2) is 53.4 Å². The van der Waals surface area contributed by atoms with Crippen LogP contribution in [0.1, 0.15) is 36.8 Å². The molecule has 29 heavy (non-hydrogen) atoms. The topological polar surface area (TPSA) is 84.5 Å². The lowest BCUT2D eigenvalue weighted by molar-refractivity contribution is -0.124. The fourth-order valence-electron chi connectivity index (χ4n) is 3.81. The molecule has 0 spiro atoms. The third kappa shape index (κ3) is 4.31. The molecule has 1 aliphatic heterocycles. The van der Waals surface area contributed by atoms with E-state index in [0.29, 0.717) is 12.2 Å². The van der Waals surface area contributed by atoms with Crippen LogP contribution in [0.4, 0.5) is 5.69 Å². The summed E-state index contributed by atoms with van der Waals surface area (Å²) in [5.41, 5.74) is 1.78. The summed E-state index contributed by atoms with van der Waals surface area (Å²) in [5.74, 6) is 0.0288. The molecular formula is C22H26N2O4S. The van der Waals surface area contributed by atoms with Crippen molar-refractivity contribution in [2.45, 2.75) is 49.0 Å². The molecule has 2 fully saturated rings. The van der Waals surface area contributed by atoms with Gasteiger partial charge in [0.05, 0.1) is 16.4 Å². The molecule has 1 saturated carbocycles. The highest BCUT2D eigenvalue weighted by Crippen LogP contribution is 2.48. The van der Waals surface area contributed by atoms with Gasteiger partial charge in [-0.3, -0.25) is 9.52 Å². The van der Waals surface area contributed by atoms with Crippen LogP contribution >= 0.6 is 0 Å². The molecule has 2 aliphatic rings. The molecule has 7 heteroatoms. The van der Waals surface area contributed by atoms with E-state index in [1.807, 2.05) is 25.1 Å². The largest absolute Gasteiger partial charge is 0.376 e. The molecule has 0 radical (unpaired) electrons. The van der Waals surface area contributed by atoms with Crippen molar-refractivity contribution in [3.05, 3.63) is 59.7 Å². The molecule has 4 rings (SSSR count). The monoisotopic (exact) mass is 414 g/mol. The molecule has 2 N–H and O–H groups in total. The molecule has 1 aliphatic carbocycles. The summed E-state index contributed by atoms with van der Waals surface area (Å²) in [4.78, 5) is 13.0. The third-order valence-corrected chi connectivity index (χ3v) is 7.07. The van der Waals surface area contributed by atoms with Crippen LogP contribution in [0.25, 0.3) is 0 Å². The van der Waals surface area contributed by atoms with Gasteiger partial charge in [0.1, 0.15) is 0 Å². The molecule has 6 nitrogen and oxygen atoms in total. The van der Waals surface area contributed by atoms with Gasteiger partial charge in [0.2, 0.25) is 5.91 Å². The van der Waals surface area contributed by atoms with Crippen molar-refractivity contribution in [3.63, 3.8) is 0 Å². The maximum Gasteiger partial charge on any atom is 0.261 e. The number of carbonyl (C=O) groups excluding carboxylic acids is 1. The van der Waals surface area contributed by atoms with Crippen molar-refractivity contribution in [1.82, 2.24) is 5.32 Å². The molecule has 1 heterocycles. The van der Waals surface area contributed by atoms with Crippen LogP contribution in [0.2, 0.25) is 0 Å². The lowest BCUT2D eigenvalue weighted by atomic mass is 9.94. The lowest BCUT2D eigenvalue weighted by Gasteiger charge is -2.18. The van der Waals surface area contributed by atoms with Crippen molar-refractivity contribution >= 4 is 21.6 Å². The van der Waals surface area contributed by atoms with Crippen molar-refractivity contribution in [2.75, 3.05) is 17.9 Å². The van der Waals surface area contributed by atoms with E-state index >= 15 is 0 Å². The van der Waals surface area contributed by atoms with Gasteiger partial charge in [0.25, 0.3) is 10.0 Å². The zero-order valence-corrected chi connectivity index (χ0v) is 17.3. The maximum absolute atomic E-state index is 12.7. The molecule has 2 aromatic carbocycles. The highest BCUT2D eigenvalue weighted by Gasteiger charge is 2.51. The second-order valence-corrected chi connectivity index (χ2v) is 9.61. The smallest absolute Gasteiger partial charge is 0.261 e. The van der Waals surface area contributed by atoms with Crippen LogP contribution in [0.5, 0.6) is 0 Å². The summed E-state index contributed by atoms with van der Waals surface area (Å²) in [7, 11) is -3.65. The average Bonchev–Trinajstić information content (AvgIpc) is 3.35. The number of hydrogen-bond acceptors (Lipinski definition) is 4. The van der Waals surface area contributed by atoms with Gasteiger partial charge >= 0.3 is 0 Å². The number of carbonyl (C=O) groups is 1. The number of nitrogens with one attached hydrogen (secondary N) is 2. The zero-order valence-electron chi connectivity index (χ0n) is 16.5. The van der Waals surface area contributed by atoms with Crippen molar-refractivity contribution in [1.29, 1.82) is 0 Å². The fourth-order valence-corrected chi connectivity index (χ4v) is 4.97. The summed E-state index contributed by atoms with van der Waals surface area (Å²) >= 11 is 0. The Bertz CT molecular complexity index is 992. The van der Waals surface area contributed by atoms with E-state index in [9.17, 15) is 13.2 Å². The number of benzene rings is 2. The molecule has 154 valence electrons. The van der Waals surface area contributed by atoms with Gasteiger partial charge in [0.15, 0.2) is 0 Å². The number of aryl methyl sites for hydroxylation is 1. The quantitative estimate of drug-likeness (QED) is 0.729. The van der Waals surface area contributed by atoms with Crippen LogP contribution < -0.4 is 10.0 Å². The van der Waals surface area contributed by atoms with E-state index in [2.05, 4.69) is 10.0 Å². The predicted octanol–water partition coefficient (Wildman–Crippen LogP) is 3.12. The van der Waals surface area contributed by atoms with Gasteiger partial charge in [-0.05, 0) is 68.0 Å². The summed E-state index contributed by atoms with van der Waals surface area (Å²) in [5, 5.41) is 3.03. The van der Waals surface area contributed by atoms with Gasteiger partial charge in [-0.2, -0.15) is 0 Å². The second-order valence-electron chi connectivity index (χ2n) is 7.93. The number of sulfonamides is 1. The molecule has 1 atom stereocenters. The fraction of sp³-hybridized carbons (Fsp3) is 0.409. The first-order valence-corrected chi connectivity index (χ1v) is 11.5. The molecular weight excluding hydrogens is 388 g/mol. The van der Waals surface area contributed by atoms with E-state index < -0.39 is 15.4 Å². The predicted molar refractivity (Wildman–Crippen MR) is 111 cm³/mol. The molecule has 1 amide bonds. The van der Waals surface area contributed by atoms with Gasteiger partial charge in [-0.25, -0.2) is 8.42 Å². The van der Waals surface area contributed by atoms with Gasteiger partial charge < -0.3 is 10.1 Å². The highest BCUT2D eigenvalue weighted by molar-refractivity contribution is 7.92. The third-order valence-electron chi connectivity index (χ3n) is 5.69. The SMILES string of the molecule is Cc1cccc(S(=O)(=O)Nc2ccc(C3(C(=O)NC[C@H]4CCCO4)CC3)cc2)c1. The van der Waals surface area contributed by atoms with Crippen molar-refractivity contribution in [3.8, 4) is 0 Å². The molecule has 0 unspecified atom stereocenters. The summed E-state index contributed by atoms with van der Waals surface area (Å²) in [6, 6.07) is 13.9. The normalized spacial score (nSPS) is 20.2. The summed E-state index contributed by atoms with van der Waals surface area (Å²) in [6.45, 7) is 3.17. The van der Waals surface area contributed by atoms with Crippen molar-refractivity contribution in [2.24, 2.45) is 0 Å². The minimum absolute atomic E-state index is 0.0288. The van der Waals surface area contributed by atoms with Gasteiger partial charge in [-0.1, -0.05) is 24.3 Å². The maximum atomic E-state index is 12.7. The van der Waals surface area contributed by atoms with Crippen LogP contribution in [-0.4, -0.2) is 33.6 Å². The minimum atomic E-state index is -3.65. The zero-order chi connectivity index (χ0) is 20.5. The average molecular weight is 415 g/mol. The van der Waals surface area contributed by atoms with Gasteiger partial charge in [-0.15, -0.1) is 0 Å². The molecule has 0 bridgehead atoms. The number of ether oxygens (including phenoxy) is 1. The van der Waals surface area contributed by atoms with Crippen LogP contribution in [0.3, 0.4) is 0 Å². The standard InChI is InChI=1S/C22H26N2O4S/c1-16-4-2-6-20(14-16)29(26,27)24-18-9-7-17(8-10-18)22(11-12-22)21(25)23-15-19-5-3-13-28-19/h2,4,6-10,14,19,24H,3,5,11-13,15H2,1H3,(H,23,25)/t19-/m1/s1. The molecule has 0 aromatic heterocycles. The van der Waals surface area contributed by atoms with E-state index in [4.69, 9.17) is 4.74 Å². The molecule has 2 aromatic rings. The Labute approximate surface area is 171 Å². The Kier molecular flexibility index (Phi) is 5.36. The van der Waals surface area contributed by atoms with E-state index in [-0.39, 0.29) is 16.9 Å². The van der Waals surface area contributed by atoms with E-state index in [1.165, 1.54) is 0 Å². The first kappa shape index (κ1) is 19.9. The van der Waals surface area contributed by atoms with E-state index in [1.54, 1.807) is 30.3 Å². The first-order chi connectivity index (χ1) is 13.9. The Hall–Kier alpha value is -2.38. The first-order valence-electron chi connectivity index (χ1n) is 9.99. The van der Waals surface area contributed by atoms with Gasteiger partial charge in [0, 0.05) is 18.8 Å². The Morgan fingerprint density at radius 2 is 1.93 bits per heavy atom. The summed E-state index contributed by atoms with van der Waals surface area (Å²) < 4.78 is 33.3. The number of anilines is 1. The molecule has 1 saturated heterocycles. The minimum Gasteiger partial charge on any atom is -0.376 e. The Balaban J connectivity index is 1.43. The van der Waals surface area contributed by atoms with E-state index in [0.717, 1.165) is 43.4 Å². The Morgan fingerprint density at radius 1 is 1.17 bits per heavy atom. The lowest BCUT2D eigenvalue weighted by Crippen LogP contribution is -2.39. The summed E-state index contributed by atoms with van der Waals surface area (Å²) in [6.07, 6.45) is 3.76. The number of hydrogen-bond donors (Lipinski definition) is 2.